The molecule has 0 saturated carbocycles. The molecule has 0 bridgehead atoms. The number of nitro groups is 2. The number of aliphatic hydroxyl groups excluding tert-OH is 1. The van der Waals surface area contributed by atoms with Gasteiger partial charge in [0.25, 0.3) is 11.4 Å². The van der Waals surface area contributed by atoms with E-state index in [1.54, 1.807) is 0 Å². The highest BCUT2D eigenvalue weighted by atomic mass is 35.5. The normalized spacial score (nSPS) is 11.4. The molecule has 0 aliphatic carbocycles. The van der Waals surface area contributed by atoms with Crippen molar-refractivity contribution >= 4 is 34.5 Å². The fourth-order valence-corrected chi connectivity index (χ4v) is 1.61. The summed E-state index contributed by atoms with van der Waals surface area (Å²) in [6.45, 7) is -0.373. The fraction of sp³-hybridized carbons (Fsp3) is 0.300. The molecule has 0 amide bonds. The summed E-state index contributed by atoms with van der Waals surface area (Å²) in [5, 5.41) is 30.7. The lowest BCUT2D eigenvalue weighted by molar-refractivity contribution is -0.394. The van der Waals surface area contributed by atoms with E-state index >= 15 is 0 Å². The molecule has 0 aliphatic rings. The molecular weight excluding hydrogens is 292 g/mol. The van der Waals surface area contributed by atoms with Gasteiger partial charge >= 0.3 is 0 Å². The van der Waals surface area contributed by atoms with Crippen LogP contribution in [0, 0.1) is 20.2 Å². The van der Waals surface area contributed by atoms with Crippen LogP contribution in [0.3, 0.4) is 0 Å². The predicted molar refractivity (Wildman–Crippen MR) is 72.5 cm³/mol. The maximum Gasteiger partial charge on any atom is 0.281 e. The molecule has 9 nitrogen and oxygen atoms in total. The first-order valence-electron chi connectivity index (χ1n) is 5.36. The van der Waals surface area contributed by atoms with Crippen LogP contribution in [0.4, 0.5) is 17.1 Å². The Morgan fingerprint density at radius 1 is 1.35 bits per heavy atom. The van der Waals surface area contributed by atoms with E-state index in [0.717, 1.165) is 12.1 Å². The smallest absolute Gasteiger partial charge is 0.281 e. The minimum Gasteiger partial charge on any atom is -0.396 e. The predicted octanol–water partition coefficient (Wildman–Crippen LogP) is 1.27. The molecule has 1 rings (SSSR count). The van der Waals surface area contributed by atoms with Gasteiger partial charge < -0.3 is 10.8 Å². The second-order valence-corrected chi connectivity index (χ2v) is 3.95. The van der Waals surface area contributed by atoms with Gasteiger partial charge in [-0.2, -0.15) is 0 Å². The van der Waals surface area contributed by atoms with Crippen molar-refractivity contribution in [2.75, 3.05) is 12.5 Å². The lowest BCUT2D eigenvalue weighted by Gasteiger charge is -2.06. The molecule has 0 aliphatic heterocycles. The molecule has 3 N–H and O–H groups in total. The van der Waals surface area contributed by atoms with Crippen molar-refractivity contribution in [2.45, 2.75) is 6.42 Å². The zero-order valence-electron chi connectivity index (χ0n) is 10.2. The molecular formula is C10H11ClN4O5. The van der Waals surface area contributed by atoms with Crippen molar-refractivity contribution in [1.29, 1.82) is 0 Å². The topological polar surface area (TPSA) is 145 Å². The van der Waals surface area contributed by atoms with Gasteiger partial charge in [-0.15, -0.1) is 11.6 Å². The van der Waals surface area contributed by atoms with E-state index in [9.17, 15) is 20.2 Å². The number of nitrogens with zero attached hydrogens (tertiary/aromatic N) is 3. The second kappa shape index (κ2) is 6.78. The Labute approximate surface area is 118 Å². The largest absolute Gasteiger partial charge is 0.396 e. The van der Waals surface area contributed by atoms with Crippen LogP contribution >= 0.6 is 11.6 Å². The SMILES string of the molecule is NC(CCl)=Nc1cc([N+](=O)[O-])cc([N+](=O)[O-])c1CCO. The van der Waals surface area contributed by atoms with Crippen molar-refractivity contribution < 1.29 is 15.0 Å². The van der Waals surface area contributed by atoms with Crippen LogP contribution in [-0.4, -0.2) is 33.3 Å². The van der Waals surface area contributed by atoms with Crippen molar-refractivity contribution in [3.05, 3.63) is 37.9 Å². The number of hydrogen-bond donors (Lipinski definition) is 2. The number of aliphatic hydroxyl groups is 1. The molecule has 0 atom stereocenters. The zero-order valence-corrected chi connectivity index (χ0v) is 10.9. The van der Waals surface area contributed by atoms with E-state index < -0.39 is 21.2 Å². The summed E-state index contributed by atoms with van der Waals surface area (Å²) >= 11 is 5.46. The minimum absolute atomic E-state index is 0.0411. The first kappa shape index (κ1) is 15.8. The number of hydrogen-bond acceptors (Lipinski definition) is 6. The number of rotatable bonds is 6. The molecule has 1 aromatic carbocycles. The van der Waals surface area contributed by atoms with Crippen molar-refractivity contribution in [2.24, 2.45) is 10.7 Å². The Kier molecular flexibility index (Phi) is 5.35. The van der Waals surface area contributed by atoms with Crippen LogP contribution < -0.4 is 5.73 Å². The van der Waals surface area contributed by atoms with Crippen LogP contribution in [0.25, 0.3) is 0 Å². The van der Waals surface area contributed by atoms with Gasteiger partial charge in [0.05, 0.1) is 33.0 Å². The highest BCUT2D eigenvalue weighted by Crippen LogP contribution is 2.34. The van der Waals surface area contributed by atoms with Gasteiger partial charge in [0.1, 0.15) is 5.84 Å². The molecule has 0 saturated heterocycles. The lowest BCUT2D eigenvalue weighted by atomic mass is 10.1. The number of non-ortho nitro benzene ring substituents is 1. The van der Waals surface area contributed by atoms with Crippen molar-refractivity contribution in [3.8, 4) is 0 Å². The number of amidine groups is 1. The number of alkyl halides is 1. The molecule has 1 aromatic rings. The molecule has 0 heterocycles. The number of benzene rings is 1. The quantitative estimate of drug-likeness (QED) is 0.266. The lowest BCUT2D eigenvalue weighted by Crippen LogP contribution is -2.13. The van der Waals surface area contributed by atoms with Crippen LogP contribution in [0.2, 0.25) is 0 Å². The molecule has 10 heteroatoms. The van der Waals surface area contributed by atoms with Crippen LogP contribution in [0.15, 0.2) is 17.1 Å². The molecule has 0 spiro atoms. The number of nitrogens with two attached hydrogens (primary N) is 1. The van der Waals surface area contributed by atoms with Gasteiger partial charge in [0.2, 0.25) is 0 Å². The third kappa shape index (κ3) is 3.62. The van der Waals surface area contributed by atoms with E-state index in [1.807, 2.05) is 0 Å². The van der Waals surface area contributed by atoms with Gasteiger partial charge in [0.15, 0.2) is 0 Å². The molecule has 20 heavy (non-hydrogen) atoms. The number of halogens is 1. The van der Waals surface area contributed by atoms with Gasteiger partial charge in [-0.3, -0.25) is 20.2 Å². The van der Waals surface area contributed by atoms with Gasteiger partial charge in [-0.05, 0) is 0 Å². The van der Waals surface area contributed by atoms with Crippen molar-refractivity contribution in [1.82, 2.24) is 0 Å². The van der Waals surface area contributed by atoms with Crippen LogP contribution in [-0.2, 0) is 6.42 Å². The third-order valence-corrected chi connectivity index (χ3v) is 2.63. The van der Waals surface area contributed by atoms with Gasteiger partial charge in [-0.25, -0.2) is 4.99 Å². The number of nitro benzene ring substituents is 2. The maximum atomic E-state index is 11.0. The first-order valence-corrected chi connectivity index (χ1v) is 5.89. The van der Waals surface area contributed by atoms with Crippen LogP contribution in [0.5, 0.6) is 0 Å². The Morgan fingerprint density at radius 2 is 2.00 bits per heavy atom. The van der Waals surface area contributed by atoms with Crippen molar-refractivity contribution in [3.63, 3.8) is 0 Å². The monoisotopic (exact) mass is 302 g/mol. The highest BCUT2D eigenvalue weighted by molar-refractivity contribution is 6.28. The van der Waals surface area contributed by atoms with E-state index in [1.165, 1.54) is 0 Å². The maximum absolute atomic E-state index is 11.0. The summed E-state index contributed by atoms with van der Waals surface area (Å²) in [4.78, 5) is 24.0. The number of aliphatic imine (C=N–C) groups is 1. The average Bonchev–Trinajstić information content (AvgIpc) is 2.39. The minimum atomic E-state index is -0.772. The van der Waals surface area contributed by atoms with Crippen LogP contribution in [0.1, 0.15) is 5.56 Å². The summed E-state index contributed by atoms with van der Waals surface area (Å²) in [5.41, 5.74) is 4.48. The molecule has 108 valence electrons. The molecule has 0 fully saturated rings. The molecule has 0 unspecified atom stereocenters. The Morgan fingerprint density at radius 3 is 2.45 bits per heavy atom. The Bertz CT molecular complexity index is 575. The Hall–Kier alpha value is -2.26. The third-order valence-electron chi connectivity index (χ3n) is 2.36. The summed E-state index contributed by atoms with van der Waals surface area (Å²) in [5.74, 6) is -0.171. The molecule has 0 aromatic heterocycles. The second-order valence-electron chi connectivity index (χ2n) is 3.69. The van der Waals surface area contributed by atoms with E-state index in [0.29, 0.717) is 0 Å². The van der Waals surface area contributed by atoms with E-state index in [-0.39, 0.29) is 36.0 Å². The van der Waals surface area contributed by atoms with Gasteiger partial charge in [-0.1, -0.05) is 0 Å². The summed E-state index contributed by atoms with van der Waals surface area (Å²) < 4.78 is 0. The van der Waals surface area contributed by atoms with Gasteiger partial charge in [0, 0.05) is 19.1 Å². The first-order chi connectivity index (χ1) is 9.40. The summed E-state index contributed by atoms with van der Waals surface area (Å²) in [6, 6.07) is 1.87. The van der Waals surface area contributed by atoms with E-state index in [4.69, 9.17) is 22.4 Å². The van der Waals surface area contributed by atoms with E-state index in [2.05, 4.69) is 4.99 Å². The molecule has 0 radical (unpaired) electrons. The zero-order chi connectivity index (χ0) is 15.3. The Balaban J connectivity index is 3.58. The average molecular weight is 303 g/mol. The standard InChI is InChI=1S/C10H11ClN4O5/c11-5-10(12)13-8-3-6(14(17)18)4-9(15(19)20)7(8)1-2-16/h3-4,16H,1-2,5H2,(H2,12,13). The fourth-order valence-electron chi connectivity index (χ4n) is 1.55. The summed E-state index contributed by atoms with van der Waals surface area (Å²) in [7, 11) is 0. The highest BCUT2D eigenvalue weighted by Gasteiger charge is 2.23. The summed E-state index contributed by atoms with van der Waals surface area (Å²) in [6.07, 6.45) is -0.0806.